The van der Waals surface area contributed by atoms with Crippen LogP contribution in [0.2, 0.25) is 0 Å². The third kappa shape index (κ3) is 3.37. The van der Waals surface area contributed by atoms with Crippen molar-refractivity contribution < 1.29 is 18.6 Å². The Kier molecular flexibility index (Phi) is 5.14. The topological polar surface area (TPSA) is 66.6 Å². The van der Waals surface area contributed by atoms with Crippen molar-refractivity contribution in [3.63, 3.8) is 0 Å². The minimum Gasteiger partial charge on any atom is -0.481 e. The molecule has 0 spiro atoms. The number of hydrogen-bond acceptors (Lipinski definition) is 5. The van der Waals surface area contributed by atoms with Crippen molar-refractivity contribution in [1.29, 1.82) is 0 Å². The zero-order valence-corrected chi connectivity index (χ0v) is 11.9. The smallest absolute Gasteiger partial charge is 0.254 e. The Bertz CT molecular complexity index is 448. The molecule has 0 unspecified atom stereocenters. The second-order valence-corrected chi connectivity index (χ2v) is 4.90. The quantitative estimate of drug-likeness (QED) is 0.896. The van der Waals surface area contributed by atoms with E-state index in [-0.39, 0.29) is 24.6 Å². The van der Waals surface area contributed by atoms with Crippen LogP contribution in [-0.4, -0.2) is 31.4 Å². The van der Waals surface area contributed by atoms with Gasteiger partial charge in [-0.15, -0.1) is 0 Å². The van der Waals surface area contributed by atoms with Gasteiger partial charge in [0.25, 0.3) is 5.88 Å². The first-order valence-electron chi connectivity index (χ1n) is 6.80. The van der Waals surface area contributed by atoms with E-state index in [0.717, 1.165) is 25.7 Å². The Labute approximate surface area is 118 Å². The summed E-state index contributed by atoms with van der Waals surface area (Å²) in [5.74, 6) is -0.200. The van der Waals surface area contributed by atoms with E-state index in [0.29, 0.717) is 11.4 Å². The van der Waals surface area contributed by atoms with Crippen LogP contribution in [0.4, 0.5) is 4.39 Å². The molecule has 1 aliphatic rings. The Morgan fingerprint density at radius 1 is 1.20 bits per heavy atom. The summed E-state index contributed by atoms with van der Waals surface area (Å²) in [5, 5.41) is 0. The number of nitrogens with zero attached hydrogens (tertiary/aromatic N) is 1. The van der Waals surface area contributed by atoms with Gasteiger partial charge in [0, 0.05) is 19.2 Å². The van der Waals surface area contributed by atoms with Gasteiger partial charge in [0.15, 0.2) is 5.82 Å². The van der Waals surface area contributed by atoms with Crippen LogP contribution < -0.4 is 15.2 Å². The molecule has 20 heavy (non-hydrogen) atoms. The van der Waals surface area contributed by atoms with E-state index in [1.54, 1.807) is 7.11 Å². The SMILES string of the molecule is COc1nc(OC2CCC(OC)CC2)c(F)cc1CN. The lowest BCUT2D eigenvalue weighted by atomic mass is 9.95. The molecule has 6 heteroatoms. The van der Waals surface area contributed by atoms with Crippen molar-refractivity contribution in [2.45, 2.75) is 44.4 Å². The first-order valence-corrected chi connectivity index (χ1v) is 6.80. The highest BCUT2D eigenvalue weighted by Crippen LogP contribution is 2.28. The summed E-state index contributed by atoms with van der Waals surface area (Å²) in [5.41, 5.74) is 6.05. The van der Waals surface area contributed by atoms with Crippen LogP contribution in [0.25, 0.3) is 0 Å². The maximum atomic E-state index is 13.9. The number of pyridine rings is 1. The normalized spacial score (nSPS) is 22.6. The number of halogens is 1. The summed E-state index contributed by atoms with van der Waals surface area (Å²) in [6.45, 7) is 0.173. The molecule has 0 amide bonds. The largest absolute Gasteiger partial charge is 0.481 e. The standard InChI is InChI=1S/C14H21FN2O3/c1-18-10-3-5-11(6-4-10)20-14-12(15)7-9(8-16)13(17-14)19-2/h7,10-11H,3-6,8,16H2,1-2H3. The van der Waals surface area contributed by atoms with Gasteiger partial charge in [-0.25, -0.2) is 4.39 Å². The predicted octanol–water partition coefficient (Wildman–Crippen LogP) is 2.02. The molecular weight excluding hydrogens is 263 g/mol. The summed E-state index contributed by atoms with van der Waals surface area (Å²) in [4.78, 5) is 4.06. The van der Waals surface area contributed by atoms with Crippen molar-refractivity contribution in [1.82, 2.24) is 4.98 Å². The van der Waals surface area contributed by atoms with Gasteiger partial charge in [0.2, 0.25) is 5.88 Å². The third-order valence-electron chi connectivity index (χ3n) is 3.63. The summed E-state index contributed by atoms with van der Waals surface area (Å²) >= 11 is 0. The van der Waals surface area contributed by atoms with Crippen LogP contribution in [0.3, 0.4) is 0 Å². The van der Waals surface area contributed by atoms with Crippen LogP contribution >= 0.6 is 0 Å². The number of ether oxygens (including phenoxy) is 3. The van der Waals surface area contributed by atoms with Crippen LogP contribution in [0.1, 0.15) is 31.2 Å². The van der Waals surface area contributed by atoms with Gasteiger partial charge in [0.1, 0.15) is 6.10 Å². The lowest BCUT2D eigenvalue weighted by Crippen LogP contribution is -2.28. The molecule has 5 nitrogen and oxygen atoms in total. The molecule has 0 atom stereocenters. The molecule has 112 valence electrons. The molecule has 2 N–H and O–H groups in total. The van der Waals surface area contributed by atoms with Crippen molar-refractivity contribution in [3.8, 4) is 11.8 Å². The average molecular weight is 284 g/mol. The van der Waals surface area contributed by atoms with E-state index in [4.69, 9.17) is 19.9 Å². The molecule has 1 fully saturated rings. The lowest BCUT2D eigenvalue weighted by Gasteiger charge is -2.27. The Hall–Kier alpha value is -1.40. The van der Waals surface area contributed by atoms with E-state index >= 15 is 0 Å². The second-order valence-electron chi connectivity index (χ2n) is 4.90. The fourth-order valence-electron chi connectivity index (χ4n) is 2.44. The highest BCUT2D eigenvalue weighted by molar-refractivity contribution is 5.32. The zero-order valence-electron chi connectivity index (χ0n) is 11.9. The van der Waals surface area contributed by atoms with Crippen LogP contribution in [-0.2, 0) is 11.3 Å². The number of aromatic nitrogens is 1. The van der Waals surface area contributed by atoms with E-state index in [9.17, 15) is 4.39 Å². The van der Waals surface area contributed by atoms with Crippen molar-refractivity contribution >= 4 is 0 Å². The number of nitrogens with two attached hydrogens (primary N) is 1. The van der Waals surface area contributed by atoms with E-state index in [2.05, 4.69) is 4.98 Å². The Morgan fingerprint density at radius 3 is 2.40 bits per heavy atom. The van der Waals surface area contributed by atoms with Crippen molar-refractivity contribution in [3.05, 3.63) is 17.4 Å². The zero-order chi connectivity index (χ0) is 14.5. The lowest BCUT2D eigenvalue weighted by molar-refractivity contribution is 0.0300. The van der Waals surface area contributed by atoms with Gasteiger partial charge in [0.05, 0.1) is 13.2 Å². The first kappa shape index (κ1) is 15.0. The monoisotopic (exact) mass is 284 g/mol. The number of hydrogen-bond donors (Lipinski definition) is 1. The molecule has 1 aromatic rings. The van der Waals surface area contributed by atoms with Crippen LogP contribution in [0.15, 0.2) is 6.07 Å². The number of rotatable bonds is 5. The maximum Gasteiger partial charge on any atom is 0.254 e. The summed E-state index contributed by atoms with van der Waals surface area (Å²) < 4.78 is 30.0. The minimum absolute atomic E-state index is 0.0140. The van der Waals surface area contributed by atoms with Gasteiger partial charge in [-0.05, 0) is 31.7 Å². The van der Waals surface area contributed by atoms with E-state index in [1.165, 1.54) is 13.2 Å². The van der Waals surface area contributed by atoms with Gasteiger partial charge in [-0.2, -0.15) is 4.98 Å². The second kappa shape index (κ2) is 6.85. The minimum atomic E-state index is -0.500. The highest BCUT2D eigenvalue weighted by Gasteiger charge is 2.24. The van der Waals surface area contributed by atoms with Crippen molar-refractivity contribution in [2.75, 3.05) is 14.2 Å². The first-order chi connectivity index (χ1) is 9.67. The molecule has 0 aromatic carbocycles. The fourth-order valence-corrected chi connectivity index (χ4v) is 2.44. The number of methoxy groups -OCH3 is 2. The molecule has 0 saturated heterocycles. The maximum absolute atomic E-state index is 13.9. The predicted molar refractivity (Wildman–Crippen MR) is 72.3 cm³/mol. The van der Waals surface area contributed by atoms with Gasteiger partial charge in [-0.1, -0.05) is 0 Å². The van der Waals surface area contributed by atoms with Gasteiger partial charge in [-0.3, -0.25) is 0 Å². The van der Waals surface area contributed by atoms with E-state index in [1.807, 2.05) is 0 Å². The summed E-state index contributed by atoms with van der Waals surface area (Å²) in [6, 6.07) is 1.32. The van der Waals surface area contributed by atoms with Crippen LogP contribution in [0, 0.1) is 5.82 Å². The van der Waals surface area contributed by atoms with E-state index < -0.39 is 5.82 Å². The third-order valence-corrected chi connectivity index (χ3v) is 3.63. The fraction of sp³-hybridized carbons (Fsp3) is 0.643. The molecule has 1 heterocycles. The highest BCUT2D eigenvalue weighted by atomic mass is 19.1. The molecule has 1 aromatic heterocycles. The molecule has 0 radical (unpaired) electrons. The van der Waals surface area contributed by atoms with Crippen molar-refractivity contribution in [2.24, 2.45) is 5.73 Å². The molecular formula is C14H21FN2O3. The molecule has 0 bridgehead atoms. The molecule has 0 aliphatic heterocycles. The molecule has 2 rings (SSSR count). The molecule has 1 saturated carbocycles. The average Bonchev–Trinajstić information content (AvgIpc) is 2.49. The summed E-state index contributed by atoms with van der Waals surface area (Å²) in [6.07, 6.45) is 3.75. The molecule has 1 aliphatic carbocycles. The van der Waals surface area contributed by atoms with Crippen LogP contribution in [0.5, 0.6) is 11.8 Å². The van der Waals surface area contributed by atoms with Gasteiger partial charge < -0.3 is 19.9 Å². The summed E-state index contributed by atoms with van der Waals surface area (Å²) in [7, 11) is 3.19. The Morgan fingerprint density at radius 2 is 1.85 bits per heavy atom. The Balaban J connectivity index is 2.06. The van der Waals surface area contributed by atoms with Gasteiger partial charge >= 0.3 is 0 Å².